The highest BCUT2D eigenvalue weighted by Gasteiger charge is 2.39. The molecule has 0 radical (unpaired) electrons. The molecule has 1 aliphatic heterocycles. The number of alkyl halides is 3. The van der Waals surface area contributed by atoms with Crippen molar-refractivity contribution >= 4 is 0 Å². The van der Waals surface area contributed by atoms with Crippen LogP contribution in [0.25, 0.3) is 0 Å². The third-order valence-electron chi connectivity index (χ3n) is 2.48. The first-order valence-electron chi connectivity index (χ1n) is 4.77. The maximum atomic E-state index is 12.5. The number of nitrogens with zero attached hydrogens (tertiary/aromatic N) is 3. The van der Waals surface area contributed by atoms with Crippen LogP contribution in [0.3, 0.4) is 0 Å². The van der Waals surface area contributed by atoms with Crippen molar-refractivity contribution in [3.8, 4) is 0 Å². The Morgan fingerprint density at radius 2 is 2.20 bits per heavy atom. The Balaban J connectivity index is 2.42. The Bertz CT molecular complexity index is 357. The van der Waals surface area contributed by atoms with E-state index in [-0.39, 0.29) is 12.6 Å². The normalized spacial score (nSPS) is 21.5. The van der Waals surface area contributed by atoms with Crippen molar-refractivity contribution in [1.82, 2.24) is 20.1 Å². The van der Waals surface area contributed by atoms with Gasteiger partial charge < -0.3 is 9.88 Å². The minimum absolute atomic E-state index is 0.123. The number of fused-ring (bicyclic) bond motifs is 1. The number of aromatic nitrogens is 3. The summed E-state index contributed by atoms with van der Waals surface area (Å²) in [6.45, 7) is 2.69. The maximum Gasteiger partial charge on any atom is 0.451 e. The van der Waals surface area contributed by atoms with Gasteiger partial charge in [0.25, 0.3) is 0 Å². The predicted octanol–water partition coefficient (Wildman–Crippen LogP) is 1.35. The quantitative estimate of drug-likeness (QED) is 0.776. The van der Waals surface area contributed by atoms with Gasteiger partial charge in [0.05, 0.1) is 6.04 Å². The van der Waals surface area contributed by atoms with E-state index in [2.05, 4.69) is 15.5 Å². The molecule has 2 heterocycles. The number of rotatable bonds is 1. The molecule has 1 aromatic heterocycles. The molecule has 15 heavy (non-hydrogen) atoms. The molecule has 2 rings (SSSR count). The molecule has 7 heteroatoms. The smallest absolute Gasteiger partial charge is 0.306 e. The van der Waals surface area contributed by atoms with E-state index in [0.29, 0.717) is 18.8 Å². The van der Waals surface area contributed by atoms with Gasteiger partial charge in [-0.3, -0.25) is 0 Å². The highest BCUT2D eigenvalue weighted by Crippen LogP contribution is 2.30. The third-order valence-corrected chi connectivity index (χ3v) is 2.48. The molecule has 0 amide bonds. The van der Waals surface area contributed by atoms with E-state index in [4.69, 9.17) is 0 Å². The second-order valence-corrected chi connectivity index (χ2v) is 3.45. The minimum Gasteiger partial charge on any atom is -0.306 e. The molecule has 0 aromatic carbocycles. The van der Waals surface area contributed by atoms with Crippen LogP contribution in [-0.2, 0) is 12.7 Å². The fraction of sp³-hybridized carbons (Fsp3) is 0.750. The molecule has 0 saturated carbocycles. The van der Waals surface area contributed by atoms with Crippen molar-refractivity contribution in [3.05, 3.63) is 11.6 Å². The zero-order valence-corrected chi connectivity index (χ0v) is 8.17. The molecular formula is C8H11F3N4. The van der Waals surface area contributed by atoms with Crippen molar-refractivity contribution in [3.63, 3.8) is 0 Å². The lowest BCUT2D eigenvalue weighted by molar-refractivity contribution is -0.147. The third kappa shape index (κ3) is 1.71. The summed E-state index contributed by atoms with van der Waals surface area (Å²) < 4.78 is 38.6. The summed E-state index contributed by atoms with van der Waals surface area (Å²) in [6, 6.07) is -0.123. The molecule has 1 aliphatic rings. The summed E-state index contributed by atoms with van der Waals surface area (Å²) in [7, 11) is 0. The summed E-state index contributed by atoms with van der Waals surface area (Å²) in [5, 5.41) is 9.92. The van der Waals surface area contributed by atoms with Crippen LogP contribution < -0.4 is 5.32 Å². The van der Waals surface area contributed by atoms with E-state index < -0.39 is 12.0 Å². The lowest BCUT2D eigenvalue weighted by atomic mass is 10.2. The zero-order chi connectivity index (χ0) is 11.1. The van der Waals surface area contributed by atoms with Crippen LogP contribution in [0, 0.1) is 0 Å². The first-order chi connectivity index (χ1) is 7.04. The molecule has 1 aromatic rings. The van der Waals surface area contributed by atoms with Crippen LogP contribution in [0.5, 0.6) is 0 Å². The van der Waals surface area contributed by atoms with Crippen LogP contribution in [0.4, 0.5) is 13.2 Å². The van der Waals surface area contributed by atoms with Gasteiger partial charge in [-0.1, -0.05) is 6.92 Å². The number of hydrogen-bond donors (Lipinski definition) is 1. The Kier molecular flexibility index (Phi) is 2.41. The summed E-state index contributed by atoms with van der Waals surface area (Å²) in [6.07, 6.45) is -3.71. The zero-order valence-electron chi connectivity index (χ0n) is 8.17. The Morgan fingerprint density at radius 3 is 2.80 bits per heavy atom. The second kappa shape index (κ2) is 3.48. The van der Waals surface area contributed by atoms with Crippen molar-refractivity contribution in [2.45, 2.75) is 32.1 Å². The van der Waals surface area contributed by atoms with Crippen LogP contribution in [0.2, 0.25) is 0 Å². The molecule has 0 saturated heterocycles. The van der Waals surface area contributed by atoms with E-state index in [1.165, 1.54) is 0 Å². The van der Waals surface area contributed by atoms with Gasteiger partial charge in [-0.15, -0.1) is 10.2 Å². The summed E-state index contributed by atoms with van der Waals surface area (Å²) in [4.78, 5) is 0. The Hall–Kier alpha value is -1.11. The first-order valence-corrected chi connectivity index (χ1v) is 4.77. The molecule has 0 spiro atoms. The molecule has 1 atom stereocenters. The molecule has 0 fully saturated rings. The standard InChI is InChI=1S/C8H11F3N4/c1-2-5-6-13-14-7(8(9,10)11)15(6)4-3-12-5/h5,12H,2-4H2,1H3. The molecule has 0 aliphatic carbocycles. The fourth-order valence-electron chi connectivity index (χ4n) is 1.77. The van der Waals surface area contributed by atoms with E-state index in [1.807, 2.05) is 6.92 Å². The number of halogens is 3. The van der Waals surface area contributed by atoms with Gasteiger partial charge in [0.15, 0.2) is 0 Å². The van der Waals surface area contributed by atoms with Crippen LogP contribution in [-0.4, -0.2) is 21.3 Å². The van der Waals surface area contributed by atoms with Crippen molar-refractivity contribution in [1.29, 1.82) is 0 Å². The minimum atomic E-state index is -4.42. The van der Waals surface area contributed by atoms with Gasteiger partial charge in [0, 0.05) is 13.1 Å². The summed E-state index contributed by atoms with van der Waals surface area (Å²) >= 11 is 0. The van der Waals surface area contributed by atoms with E-state index >= 15 is 0 Å². The SMILES string of the molecule is CCC1NCCn2c1nnc2C(F)(F)F. The number of nitrogens with one attached hydrogen (secondary N) is 1. The van der Waals surface area contributed by atoms with E-state index in [9.17, 15) is 13.2 Å². The van der Waals surface area contributed by atoms with Crippen LogP contribution in [0.15, 0.2) is 0 Å². The number of hydrogen-bond acceptors (Lipinski definition) is 3. The van der Waals surface area contributed by atoms with Gasteiger partial charge in [0.2, 0.25) is 5.82 Å². The second-order valence-electron chi connectivity index (χ2n) is 3.45. The Morgan fingerprint density at radius 1 is 1.47 bits per heavy atom. The molecule has 1 unspecified atom stereocenters. The van der Waals surface area contributed by atoms with Gasteiger partial charge in [0.1, 0.15) is 5.82 Å². The van der Waals surface area contributed by atoms with E-state index in [0.717, 1.165) is 4.57 Å². The van der Waals surface area contributed by atoms with Gasteiger partial charge in [-0.2, -0.15) is 13.2 Å². The van der Waals surface area contributed by atoms with Crippen molar-refractivity contribution in [2.75, 3.05) is 6.54 Å². The molecule has 1 N–H and O–H groups in total. The van der Waals surface area contributed by atoms with Crippen molar-refractivity contribution in [2.24, 2.45) is 0 Å². The Labute approximate surface area is 84.5 Å². The van der Waals surface area contributed by atoms with Crippen LogP contribution >= 0.6 is 0 Å². The monoisotopic (exact) mass is 220 g/mol. The molecule has 84 valence electrons. The average molecular weight is 220 g/mol. The van der Waals surface area contributed by atoms with Crippen LogP contribution in [0.1, 0.15) is 31.0 Å². The van der Waals surface area contributed by atoms with Crippen molar-refractivity contribution < 1.29 is 13.2 Å². The lowest BCUT2D eigenvalue weighted by Crippen LogP contribution is -2.34. The topological polar surface area (TPSA) is 42.7 Å². The average Bonchev–Trinajstić information content (AvgIpc) is 2.59. The molecule has 4 nitrogen and oxygen atoms in total. The van der Waals surface area contributed by atoms with Gasteiger partial charge >= 0.3 is 6.18 Å². The van der Waals surface area contributed by atoms with Gasteiger partial charge in [-0.25, -0.2) is 0 Å². The summed E-state index contributed by atoms with van der Waals surface area (Å²) in [5.41, 5.74) is 0. The maximum absolute atomic E-state index is 12.5. The summed E-state index contributed by atoms with van der Waals surface area (Å²) in [5.74, 6) is -0.506. The van der Waals surface area contributed by atoms with Gasteiger partial charge in [-0.05, 0) is 6.42 Å². The first kappa shape index (κ1) is 10.4. The lowest BCUT2D eigenvalue weighted by Gasteiger charge is -2.24. The highest BCUT2D eigenvalue weighted by atomic mass is 19.4. The highest BCUT2D eigenvalue weighted by molar-refractivity contribution is 5.06. The fourth-order valence-corrected chi connectivity index (χ4v) is 1.77. The predicted molar refractivity (Wildman–Crippen MR) is 46.1 cm³/mol. The largest absolute Gasteiger partial charge is 0.451 e. The molecule has 0 bridgehead atoms. The van der Waals surface area contributed by atoms with E-state index in [1.54, 1.807) is 0 Å². The molecular weight excluding hydrogens is 209 g/mol.